The van der Waals surface area contributed by atoms with Gasteiger partial charge in [0.1, 0.15) is 0 Å². The molecule has 1 fully saturated rings. The maximum absolute atomic E-state index is 11.5. The average molecular weight is 194 g/mol. The first-order valence-corrected chi connectivity index (χ1v) is 4.98. The van der Waals surface area contributed by atoms with E-state index in [1.54, 1.807) is 6.07 Å². The van der Waals surface area contributed by atoms with Crippen molar-refractivity contribution < 1.29 is 5.11 Å². The number of nitrogens with zero attached hydrogens (tertiary/aromatic N) is 2. The highest BCUT2D eigenvalue weighted by Crippen LogP contribution is 2.34. The highest BCUT2D eigenvalue weighted by Gasteiger charge is 2.21. The molecule has 0 aromatic carbocycles. The van der Waals surface area contributed by atoms with Crippen molar-refractivity contribution in [1.29, 1.82) is 0 Å². The molecular formula is C10H14N2O2. The summed E-state index contributed by atoms with van der Waals surface area (Å²) in [6.45, 7) is 0.307. The predicted molar refractivity (Wildman–Crippen MR) is 52.2 cm³/mol. The van der Waals surface area contributed by atoms with Crippen LogP contribution in [0.2, 0.25) is 0 Å². The van der Waals surface area contributed by atoms with Gasteiger partial charge in [-0.1, -0.05) is 6.42 Å². The smallest absolute Gasteiger partial charge is 0.253 e. The molecule has 14 heavy (non-hydrogen) atoms. The quantitative estimate of drug-likeness (QED) is 0.762. The van der Waals surface area contributed by atoms with Crippen molar-refractivity contribution in [2.45, 2.75) is 31.7 Å². The summed E-state index contributed by atoms with van der Waals surface area (Å²) in [5, 5.41) is 8.69. The number of rotatable bonds is 3. The zero-order valence-electron chi connectivity index (χ0n) is 8.02. The van der Waals surface area contributed by atoms with Gasteiger partial charge >= 0.3 is 0 Å². The molecule has 0 bridgehead atoms. The third kappa shape index (κ3) is 1.70. The zero-order chi connectivity index (χ0) is 9.97. The van der Waals surface area contributed by atoms with Crippen LogP contribution in [0.4, 0.5) is 0 Å². The Morgan fingerprint density at radius 1 is 1.57 bits per heavy atom. The Labute approximate surface area is 82.2 Å². The van der Waals surface area contributed by atoms with E-state index in [9.17, 15) is 4.79 Å². The summed E-state index contributed by atoms with van der Waals surface area (Å²) in [5.41, 5.74) is 0.853. The molecule has 4 nitrogen and oxygen atoms in total. The summed E-state index contributed by atoms with van der Waals surface area (Å²) in [4.78, 5) is 15.7. The monoisotopic (exact) mass is 194 g/mol. The summed E-state index contributed by atoms with van der Waals surface area (Å²) in [7, 11) is 0. The van der Waals surface area contributed by atoms with Crippen molar-refractivity contribution in [3.8, 4) is 0 Å². The van der Waals surface area contributed by atoms with Gasteiger partial charge in [-0.2, -0.15) is 0 Å². The molecule has 0 saturated heterocycles. The van der Waals surface area contributed by atoms with Crippen molar-refractivity contribution in [3.05, 3.63) is 28.4 Å². The van der Waals surface area contributed by atoms with Crippen LogP contribution in [0.1, 0.15) is 30.9 Å². The van der Waals surface area contributed by atoms with Gasteiger partial charge < -0.3 is 5.11 Å². The van der Waals surface area contributed by atoms with E-state index in [1.807, 2.05) is 0 Å². The molecule has 1 aromatic heterocycles. The van der Waals surface area contributed by atoms with E-state index < -0.39 is 0 Å². The normalized spacial score (nSPS) is 16.6. The van der Waals surface area contributed by atoms with Crippen LogP contribution in [0.25, 0.3) is 0 Å². The molecule has 0 amide bonds. The van der Waals surface area contributed by atoms with Crippen molar-refractivity contribution in [2.24, 2.45) is 0 Å². The van der Waals surface area contributed by atoms with Crippen LogP contribution in [0.15, 0.2) is 17.2 Å². The maximum Gasteiger partial charge on any atom is 0.253 e. The van der Waals surface area contributed by atoms with Crippen molar-refractivity contribution in [3.63, 3.8) is 0 Å². The molecule has 4 heteroatoms. The molecule has 0 aliphatic heterocycles. The van der Waals surface area contributed by atoms with E-state index in [0.29, 0.717) is 12.5 Å². The summed E-state index contributed by atoms with van der Waals surface area (Å²) < 4.78 is 1.43. The largest absolute Gasteiger partial charge is 0.395 e. The third-order valence-corrected chi connectivity index (χ3v) is 2.76. The second-order valence-electron chi connectivity index (χ2n) is 3.70. The van der Waals surface area contributed by atoms with Crippen LogP contribution in [-0.2, 0) is 6.54 Å². The first-order valence-electron chi connectivity index (χ1n) is 4.98. The van der Waals surface area contributed by atoms with Gasteiger partial charge in [0.25, 0.3) is 5.56 Å². The van der Waals surface area contributed by atoms with Gasteiger partial charge in [0, 0.05) is 12.0 Å². The van der Waals surface area contributed by atoms with Crippen LogP contribution in [0.3, 0.4) is 0 Å². The van der Waals surface area contributed by atoms with Gasteiger partial charge in [-0.15, -0.1) is 0 Å². The number of hydrogen-bond donors (Lipinski definition) is 1. The van der Waals surface area contributed by atoms with E-state index in [2.05, 4.69) is 4.98 Å². The van der Waals surface area contributed by atoms with Crippen LogP contribution in [0.5, 0.6) is 0 Å². The minimum atomic E-state index is -0.0593. The maximum atomic E-state index is 11.5. The zero-order valence-corrected chi connectivity index (χ0v) is 8.02. The molecule has 0 unspecified atom stereocenters. The van der Waals surface area contributed by atoms with Crippen molar-refractivity contribution in [2.75, 3.05) is 6.61 Å². The Bertz CT molecular complexity index is 369. The highest BCUT2D eigenvalue weighted by molar-refractivity contribution is 5.09. The molecule has 1 heterocycles. The van der Waals surface area contributed by atoms with Gasteiger partial charge in [-0.3, -0.25) is 9.36 Å². The standard InChI is InChI=1S/C10H14N2O2/c13-5-4-12-7-11-9(6-10(12)14)8-2-1-3-8/h6-8,13H,1-5H2. The highest BCUT2D eigenvalue weighted by atomic mass is 16.3. The van der Waals surface area contributed by atoms with Gasteiger partial charge in [-0.05, 0) is 12.8 Å². The van der Waals surface area contributed by atoms with Gasteiger partial charge in [0.05, 0.1) is 25.2 Å². The topological polar surface area (TPSA) is 55.1 Å². The minimum absolute atomic E-state index is 0.0235. The average Bonchev–Trinajstić information content (AvgIpc) is 2.07. The molecule has 1 N–H and O–H groups in total. The fourth-order valence-electron chi connectivity index (χ4n) is 1.64. The molecule has 1 aliphatic carbocycles. The molecule has 0 spiro atoms. The molecule has 2 rings (SSSR count). The van der Waals surface area contributed by atoms with Crippen molar-refractivity contribution >= 4 is 0 Å². The molecule has 0 radical (unpaired) electrons. The van der Waals surface area contributed by atoms with Crippen molar-refractivity contribution in [1.82, 2.24) is 9.55 Å². The molecule has 1 saturated carbocycles. The van der Waals surface area contributed by atoms with Gasteiger partial charge in [-0.25, -0.2) is 4.98 Å². The fourth-order valence-corrected chi connectivity index (χ4v) is 1.64. The van der Waals surface area contributed by atoms with E-state index in [4.69, 9.17) is 5.11 Å². The Morgan fingerprint density at radius 3 is 2.86 bits per heavy atom. The second kappa shape index (κ2) is 3.92. The molecule has 1 aromatic rings. The van der Waals surface area contributed by atoms with Crippen LogP contribution >= 0.6 is 0 Å². The SMILES string of the molecule is O=c1cc(C2CCC2)ncn1CCO. The van der Waals surface area contributed by atoms with Gasteiger partial charge in [0.15, 0.2) is 0 Å². The Morgan fingerprint density at radius 2 is 2.36 bits per heavy atom. The Hall–Kier alpha value is -1.16. The van der Waals surface area contributed by atoms with E-state index >= 15 is 0 Å². The summed E-state index contributed by atoms with van der Waals surface area (Å²) in [5.74, 6) is 0.492. The first-order chi connectivity index (χ1) is 6.81. The molecule has 76 valence electrons. The lowest BCUT2D eigenvalue weighted by molar-refractivity contribution is 0.273. The minimum Gasteiger partial charge on any atom is -0.395 e. The number of aliphatic hydroxyl groups excluding tert-OH is 1. The molecule has 0 atom stereocenters. The van der Waals surface area contributed by atoms with E-state index in [0.717, 1.165) is 18.5 Å². The Balaban J connectivity index is 2.21. The van der Waals surface area contributed by atoms with Crippen LogP contribution in [0, 0.1) is 0 Å². The number of aliphatic hydroxyl groups is 1. The molecular weight excluding hydrogens is 180 g/mol. The lowest BCUT2D eigenvalue weighted by Crippen LogP contribution is -2.24. The number of hydrogen-bond acceptors (Lipinski definition) is 3. The first kappa shape index (κ1) is 9.40. The molecule has 1 aliphatic rings. The van der Waals surface area contributed by atoms with E-state index in [1.165, 1.54) is 17.3 Å². The summed E-state index contributed by atoms with van der Waals surface area (Å²) in [6.07, 6.45) is 5.07. The predicted octanol–water partition coefficient (Wildman–Crippen LogP) is 0.503. The summed E-state index contributed by atoms with van der Waals surface area (Å²) >= 11 is 0. The van der Waals surface area contributed by atoms with Crippen LogP contribution in [-0.4, -0.2) is 21.3 Å². The summed E-state index contributed by atoms with van der Waals surface area (Å²) in [6, 6.07) is 1.60. The lowest BCUT2D eigenvalue weighted by atomic mass is 9.83. The lowest BCUT2D eigenvalue weighted by Gasteiger charge is -2.24. The Kier molecular flexibility index (Phi) is 2.63. The second-order valence-corrected chi connectivity index (χ2v) is 3.70. The van der Waals surface area contributed by atoms with Gasteiger partial charge in [0.2, 0.25) is 0 Å². The third-order valence-electron chi connectivity index (χ3n) is 2.76. The fraction of sp³-hybridized carbons (Fsp3) is 0.600. The van der Waals surface area contributed by atoms with Crippen LogP contribution < -0.4 is 5.56 Å². The number of aromatic nitrogens is 2. The van der Waals surface area contributed by atoms with E-state index in [-0.39, 0.29) is 12.2 Å².